The van der Waals surface area contributed by atoms with E-state index in [0.29, 0.717) is 18.0 Å². The van der Waals surface area contributed by atoms with Gasteiger partial charge in [-0.25, -0.2) is 4.39 Å². The van der Waals surface area contributed by atoms with Crippen LogP contribution in [-0.4, -0.2) is 28.8 Å². The lowest BCUT2D eigenvalue weighted by molar-refractivity contribution is -0.137. The van der Waals surface area contributed by atoms with E-state index in [9.17, 15) is 19.4 Å². The lowest BCUT2D eigenvalue weighted by Crippen LogP contribution is -2.60. The van der Waals surface area contributed by atoms with Crippen LogP contribution in [0.4, 0.5) is 10.1 Å². The van der Waals surface area contributed by atoms with Crippen LogP contribution in [0.3, 0.4) is 0 Å². The number of aliphatic hydroxyl groups excluding tert-OH is 2. The summed E-state index contributed by atoms with van der Waals surface area (Å²) in [6, 6.07) is 22.3. The molecule has 3 aromatic rings. The van der Waals surface area contributed by atoms with Crippen molar-refractivity contribution in [3.05, 3.63) is 95.8 Å². The van der Waals surface area contributed by atoms with Gasteiger partial charge in [0, 0.05) is 5.69 Å². The van der Waals surface area contributed by atoms with Gasteiger partial charge in [0.1, 0.15) is 18.2 Å². The molecule has 3 aromatic carbocycles. The first-order valence-electron chi connectivity index (χ1n) is 9.72. The van der Waals surface area contributed by atoms with E-state index in [1.54, 1.807) is 0 Å². The molecular formula is C24H22FNO4. The second-order valence-electron chi connectivity index (χ2n) is 7.25. The van der Waals surface area contributed by atoms with Crippen LogP contribution in [0, 0.1) is 11.7 Å². The van der Waals surface area contributed by atoms with Gasteiger partial charge in [0.15, 0.2) is 0 Å². The summed E-state index contributed by atoms with van der Waals surface area (Å²) in [5, 5.41) is 19.5. The first kappa shape index (κ1) is 20.1. The van der Waals surface area contributed by atoms with E-state index in [1.165, 1.54) is 29.2 Å². The molecule has 0 saturated carbocycles. The quantitative estimate of drug-likeness (QED) is 0.589. The highest BCUT2D eigenvalue weighted by Crippen LogP contribution is 2.45. The number of benzene rings is 3. The molecule has 0 bridgehead atoms. The minimum atomic E-state index is -1.17. The number of carbonyl (C=O) groups excluding carboxylic acids is 1. The highest BCUT2D eigenvalue weighted by molar-refractivity contribution is 6.03. The van der Waals surface area contributed by atoms with Crippen molar-refractivity contribution in [3.8, 4) is 5.75 Å². The second-order valence-corrected chi connectivity index (χ2v) is 7.25. The fourth-order valence-corrected chi connectivity index (χ4v) is 3.75. The average molecular weight is 407 g/mol. The van der Waals surface area contributed by atoms with Gasteiger partial charge < -0.3 is 19.8 Å². The molecule has 5 nitrogen and oxygen atoms in total. The van der Waals surface area contributed by atoms with Crippen molar-refractivity contribution in [3.63, 3.8) is 0 Å². The third-order valence-corrected chi connectivity index (χ3v) is 5.32. The van der Waals surface area contributed by atoms with Gasteiger partial charge in [-0.3, -0.25) is 4.79 Å². The molecule has 154 valence electrons. The highest BCUT2D eigenvalue weighted by Gasteiger charge is 2.52. The van der Waals surface area contributed by atoms with Gasteiger partial charge >= 0.3 is 0 Å². The van der Waals surface area contributed by atoms with Crippen molar-refractivity contribution in [2.75, 3.05) is 11.5 Å². The third-order valence-electron chi connectivity index (χ3n) is 5.32. The normalized spacial score (nSPS) is 19.3. The Labute approximate surface area is 174 Å². The monoisotopic (exact) mass is 407 g/mol. The number of ether oxygens (including phenoxy) is 1. The lowest BCUT2D eigenvalue weighted by Gasteiger charge is -2.49. The molecular weight excluding hydrogens is 385 g/mol. The number of halogens is 1. The van der Waals surface area contributed by atoms with Crippen molar-refractivity contribution in [1.82, 2.24) is 0 Å². The van der Waals surface area contributed by atoms with E-state index in [4.69, 9.17) is 4.74 Å². The zero-order valence-electron chi connectivity index (χ0n) is 16.2. The Kier molecular flexibility index (Phi) is 5.79. The van der Waals surface area contributed by atoms with Crippen molar-refractivity contribution in [2.45, 2.75) is 18.8 Å². The summed E-state index contributed by atoms with van der Waals surface area (Å²) in [4.78, 5) is 14.2. The fourth-order valence-electron chi connectivity index (χ4n) is 3.75. The zero-order chi connectivity index (χ0) is 21.1. The Morgan fingerprint density at radius 1 is 0.967 bits per heavy atom. The second kappa shape index (κ2) is 8.65. The van der Waals surface area contributed by atoms with Crippen LogP contribution in [0.25, 0.3) is 0 Å². The predicted octanol–water partition coefficient (Wildman–Crippen LogP) is 3.46. The van der Waals surface area contributed by atoms with E-state index in [1.807, 2.05) is 54.6 Å². The van der Waals surface area contributed by atoms with Crippen LogP contribution in [0.15, 0.2) is 78.9 Å². The summed E-state index contributed by atoms with van der Waals surface area (Å²) < 4.78 is 19.1. The van der Waals surface area contributed by atoms with Crippen molar-refractivity contribution in [1.29, 1.82) is 0 Å². The zero-order valence-corrected chi connectivity index (χ0v) is 16.2. The number of hydrogen-bond donors (Lipinski definition) is 2. The number of hydrogen-bond acceptors (Lipinski definition) is 4. The number of anilines is 1. The van der Waals surface area contributed by atoms with Gasteiger partial charge in [-0.1, -0.05) is 42.5 Å². The molecule has 1 saturated heterocycles. The van der Waals surface area contributed by atoms with Crippen LogP contribution < -0.4 is 9.64 Å². The number of carbonyl (C=O) groups is 1. The van der Waals surface area contributed by atoms with Gasteiger partial charge in [-0.15, -0.1) is 0 Å². The Bertz CT molecular complexity index is 992. The lowest BCUT2D eigenvalue weighted by atomic mass is 9.78. The summed E-state index contributed by atoms with van der Waals surface area (Å²) in [6.07, 6.45) is -1.17. The maximum Gasteiger partial charge on any atom is 0.235 e. The molecule has 4 rings (SSSR count). The fraction of sp³-hybridized carbons (Fsp3) is 0.208. The van der Waals surface area contributed by atoms with Gasteiger partial charge in [0.05, 0.1) is 24.7 Å². The SMILES string of the molecule is O=C1[C@@H]([C@H](O)CO)[C@H](c2ccc(OCc3ccccc3)cc2)N1c1ccc(F)cc1. The summed E-state index contributed by atoms with van der Waals surface area (Å²) in [5.74, 6) is -0.787. The Morgan fingerprint density at radius 3 is 2.27 bits per heavy atom. The number of rotatable bonds is 7. The molecule has 0 aliphatic carbocycles. The molecule has 0 unspecified atom stereocenters. The Balaban J connectivity index is 1.55. The van der Waals surface area contributed by atoms with Crippen LogP contribution in [0.5, 0.6) is 5.75 Å². The van der Waals surface area contributed by atoms with Crippen molar-refractivity contribution >= 4 is 11.6 Å². The van der Waals surface area contributed by atoms with Crippen molar-refractivity contribution in [2.24, 2.45) is 5.92 Å². The Morgan fingerprint density at radius 2 is 1.63 bits per heavy atom. The topological polar surface area (TPSA) is 70.0 Å². The van der Waals surface area contributed by atoms with E-state index in [2.05, 4.69) is 0 Å². The molecule has 2 N–H and O–H groups in total. The van der Waals surface area contributed by atoms with E-state index < -0.39 is 30.5 Å². The van der Waals surface area contributed by atoms with Crippen LogP contribution in [-0.2, 0) is 11.4 Å². The smallest absolute Gasteiger partial charge is 0.235 e. The molecule has 1 aliphatic heterocycles. The third kappa shape index (κ3) is 3.92. The molecule has 1 heterocycles. The summed E-state index contributed by atoms with van der Waals surface area (Å²) in [6.45, 7) is -0.0713. The van der Waals surface area contributed by atoms with Gasteiger partial charge in [0.2, 0.25) is 5.91 Å². The summed E-state index contributed by atoms with van der Waals surface area (Å²) in [7, 11) is 0. The first-order valence-corrected chi connectivity index (χ1v) is 9.72. The van der Waals surface area contributed by atoms with E-state index >= 15 is 0 Å². The summed E-state index contributed by atoms with van der Waals surface area (Å²) in [5.41, 5.74) is 2.39. The maximum atomic E-state index is 13.3. The van der Waals surface area contributed by atoms with Crippen LogP contribution in [0.1, 0.15) is 17.2 Å². The molecule has 3 atom stereocenters. The number of amides is 1. The molecule has 0 aromatic heterocycles. The highest BCUT2D eigenvalue weighted by atomic mass is 19.1. The molecule has 6 heteroatoms. The number of nitrogens with zero attached hydrogens (tertiary/aromatic N) is 1. The average Bonchev–Trinajstić information content (AvgIpc) is 2.78. The number of aliphatic hydroxyl groups is 2. The largest absolute Gasteiger partial charge is 0.489 e. The maximum absolute atomic E-state index is 13.3. The Hall–Kier alpha value is -3.22. The van der Waals surface area contributed by atoms with E-state index in [-0.39, 0.29) is 5.91 Å². The minimum Gasteiger partial charge on any atom is -0.489 e. The molecule has 0 spiro atoms. The van der Waals surface area contributed by atoms with Crippen LogP contribution in [0.2, 0.25) is 0 Å². The predicted molar refractivity (Wildman–Crippen MR) is 110 cm³/mol. The van der Waals surface area contributed by atoms with Gasteiger partial charge in [-0.05, 0) is 47.5 Å². The molecule has 30 heavy (non-hydrogen) atoms. The van der Waals surface area contributed by atoms with Crippen LogP contribution >= 0.6 is 0 Å². The first-order chi connectivity index (χ1) is 14.6. The van der Waals surface area contributed by atoms with Gasteiger partial charge in [-0.2, -0.15) is 0 Å². The molecule has 1 fully saturated rings. The summed E-state index contributed by atoms with van der Waals surface area (Å²) >= 11 is 0. The van der Waals surface area contributed by atoms with Crippen molar-refractivity contribution < 1.29 is 24.1 Å². The number of β-lactam (4-membered cyclic amide) rings is 1. The molecule has 1 amide bonds. The minimum absolute atomic E-state index is 0.308. The standard InChI is InChI=1S/C24H22FNO4/c25-18-8-10-19(11-9-18)26-23(22(24(26)29)21(28)14-27)17-6-12-20(13-7-17)30-15-16-4-2-1-3-5-16/h1-13,21-23,27-28H,14-15H2/t21-,22+,23+/m1/s1. The molecule has 0 radical (unpaired) electrons. The van der Waals surface area contributed by atoms with Gasteiger partial charge in [0.25, 0.3) is 0 Å². The molecule has 1 aliphatic rings. The van der Waals surface area contributed by atoms with E-state index in [0.717, 1.165) is 11.1 Å².